The third-order valence-electron chi connectivity index (χ3n) is 5.09. The van der Waals surface area contributed by atoms with Crippen LogP contribution in [0.4, 0.5) is 0 Å². The van der Waals surface area contributed by atoms with Gasteiger partial charge in [-0.3, -0.25) is 0 Å². The Morgan fingerprint density at radius 3 is 2.64 bits per heavy atom. The Morgan fingerprint density at radius 1 is 1.07 bits per heavy atom. The van der Waals surface area contributed by atoms with Crippen LogP contribution >= 0.6 is 0 Å². The molecule has 150 valence electrons. The zero-order chi connectivity index (χ0) is 20.0. The van der Waals surface area contributed by atoms with Gasteiger partial charge < -0.3 is 24.8 Å². The van der Waals surface area contributed by atoms with Crippen molar-refractivity contribution >= 4 is 10.9 Å². The van der Waals surface area contributed by atoms with Gasteiger partial charge in [0.2, 0.25) is 0 Å². The first-order chi connectivity index (χ1) is 13.5. The fourth-order valence-corrected chi connectivity index (χ4v) is 3.24. The van der Waals surface area contributed by atoms with Gasteiger partial charge in [0.1, 0.15) is 5.75 Å². The molecule has 0 saturated heterocycles. The van der Waals surface area contributed by atoms with Crippen molar-refractivity contribution in [3.05, 3.63) is 65.9 Å². The Kier molecular flexibility index (Phi) is 6.73. The Bertz CT molecular complexity index is 900. The molecule has 0 spiro atoms. The summed E-state index contributed by atoms with van der Waals surface area (Å²) in [5.41, 5.74) is 3.01. The average molecular weight is 383 g/mol. The number of hydrogen-bond acceptors (Lipinski definition) is 4. The molecular formula is C23H30N2O3. The van der Waals surface area contributed by atoms with Gasteiger partial charge in [0.25, 0.3) is 0 Å². The minimum Gasteiger partial charge on any atom is -0.493 e. The van der Waals surface area contributed by atoms with Crippen molar-refractivity contribution < 1.29 is 14.9 Å². The fourth-order valence-electron chi connectivity index (χ4n) is 3.24. The molecule has 5 nitrogen and oxygen atoms in total. The number of nitrogens with zero attached hydrogens (tertiary/aromatic N) is 1. The van der Waals surface area contributed by atoms with Crippen LogP contribution in [0.1, 0.15) is 18.1 Å². The van der Waals surface area contributed by atoms with Gasteiger partial charge in [-0.25, -0.2) is 0 Å². The molecule has 0 atom stereocenters. The van der Waals surface area contributed by atoms with Crippen molar-refractivity contribution in [3.8, 4) is 5.75 Å². The highest BCUT2D eigenvalue weighted by Gasteiger charge is 2.20. The van der Waals surface area contributed by atoms with Crippen LogP contribution in [0.3, 0.4) is 0 Å². The number of ether oxygens (including phenoxy) is 1. The summed E-state index contributed by atoms with van der Waals surface area (Å²) in [7, 11) is 0. The molecule has 0 saturated carbocycles. The maximum Gasteiger partial charge on any atom is 0.121 e. The molecule has 0 aliphatic carbocycles. The van der Waals surface area contributed by atoms with Crippen LogP contribution in [-0.4, -0.2) is 46.7 Å². The van der Waals surface area contributed by atoms with E-state index in [0.717, 1.165) is 29.6 Å². The molecule has 3 rings (SSSR count). The summed E-state index contributed by atoms with van der Waals surface area (Å²) in [4.78, 5) is 0. The molecular weight excluding hydrogens is 352 g/mol. The standard InChI is InChI=1S/C23H30N2O3/c1-18-4-3-5-19(14-18)9-13-28-21-7-6-20-8-11-25(22(20)15-21)12-10-24-23(2,16-26)17-27/h3-8,11,14-15,24,26-27H,9-10,12-13,16-17H2,1-2H3. The summed E-state index contributed by atoms with van der Waals surface area (Å²) in [5, 5.41) is 23.2. The lowest BCUT2D eigenvalue weighted by atomic mass is 10.1. The van der Waals surface area contributed by atoms with E-state index in [2.05, 4.69) is 65.5 Å². The van der Waals surface area contributed by atoms with Crippen molar-refractivity contribution in [2.24, 2.45) is 0 Å². The largest absolute Gasteiger partial charge is 0.493 e. The number of fused-ring (bicyclic) bond motifs is 1. The second-order valence-electron chi connectivity index (χ2n) is 7.62. The highest BCUT2D eigenvalue weighted by molar-refractivity contribution is 5.81. The predicted molar refractivity (Wildman–Crippen MR) is 113 cm³/mol. The van der Waals surface area contributed by atoms with Gasteiger partial charge in [0.15, 0.2) is 0 Å². The van der Waals surface area contributed by atoms with Crippen molar-refractivity contribution in [3.63, 3.8) is 0 Å². The predicted octanol–water partition coefficient (Wildman–Crippen LogP) is 2.90. The van der Waals surface area contributed by atoms with Gasteiger partial charge in [-0.2, -0.15) is 0 Å². The van der Waals surface area contributed by atoms with E-state index in [-0.39, 0.29) is 13.2 Å². The minimum absolute atomic E-state index is 0.102. The molecule has 0 aliphatic rings. The lowest BCUT2D eigenvalue weighted by molar-refractivity contribution is 0.104. The van der Waals surface area contributed by atoms with Crippen LogP contribution in [0.5, 0.6) is 5.75 Å². The zero-order valence-corrected chi connectivity index (χ0v) is 16.7. The first kappa shape index (κ1) is 20.4. The second kappa shape index (κ2) is 9.24. The third kappa shape index (κ3) is 5.13. The van der Waals surface area contributed by atoms with Crippen molar-refractivity contribution in [2.45, 2.75) is 32.4 Å². The van der Waals surface area contributed by atoms with Gasteiger partial charge in [0.05, 0.1) is 30.9 Å². The molecule has 0 bridgehead atoms. The molecule has 3 aromatic rings. The molecule has 5 heteroatoms. The van der Waals surface area contributed by atoms with Crippen LogP contribution in [0.2, 0.25) is 0 Å². The number of rotatable bonds is 10. The molecule has 0 amide bonds. The van der Waals surface area contributed by atoms with Gasteiger partial charge >= 0.3 is 0 Å². The number of nitrogens with one attached hydrogen (secondary N) is 1. The molecule has 0 radical (unpaired) electrons. The fraction of sp³-hybridized carbons (Fsp3) is 0.391. The van der Waals surface area contributed by atoms with E-state index in [0.29, 0.717) is 13.2 Å². The van der Waals surface area contributed by atoms with E-state index in [1.807, 2.05) is 6.07 Å². The molecule has 0 aliphatic heterocycles. The van der Waals surface area contributed by atoms with Crippen LogP contribution in [0, 0.1) is 6.92 Å². The second-order valence-corrected chi connectivity index (χ2v) is 7.62. The molecule has 1 aromatic heterocycles. The van der Waals surface area contributed by atoms with Gasteiger partial charge in [0, 0.05) is 31.8 Å². The summed E-state index contributed by atoms with van der Waals surface area (Å²) in [6.07, 6.45) is 2.93. The molecule has 28 heavy (non-hydrogen) atoms. The number of aromatic nitrogens is 1. The number of aliphatic hydroxyl groups excluding tert-OH is 2. The number of benzene rings is 2. The molecule has 0 fully saturated rings. The van der Waals surface area contributed by atoms with E-state index in [9.17, 15) is 10.2 Å². The van der Waals surface area contributed by atoms with Crippen molar-refractivity contribution in [1.82, 2.24) is 9.88 Å². The highest BCUT2D eigenvalue weighted by Crippen LogP contribution is 2.22. The first-order valence-corrected chi connectivity index (χ1v) is 9.77. The van der Waals surface area contributed by atoms with E-state index < -0.39 is 5.54 Å². The van der Waals surface area contributed by atoms with E-state index in [1.165, 1.54) is 11.1 Å². The van der Waals surface area contributed by atoms with Gasteiger partial charge in [-0.15, -0.1) is 0 Å². The minimum atomic E-state index is -0.660. The monoisotopic (exact) mass is 382 g/mol. The summed E-state index contributed by atoms with van der Waals surface area (Å²) >= 11 is 0. The van der Waals surface area contributed by atoms with Crippen molar-refractivity contribution in [1.29, 1.82) is 0 Å². The molecule has 2 aromatic carbocycles. The number of aryl methyl sites for hydroxylation is 1. The van der Waals surface area contributed by atoms with Gasteiger partial charge in [-0.1, -0.05) is 29.8 Å². The Morgan fingerprint density at radius 2 is 1.89 bits per heavy atom. The van der Waals surface area contributed by atoms with Crippen LogP contribution in [-0.2, 0) is 13.0 Å². The molecule has 1 heterocycles. The molecule has 3 N–H and O–H groups in total. The Hall–Kier alpha value is -2.34. The molecule has 0 unspecified atom stereocenters. The van der Waals surface area contributed by atoms with Crippen LogP contribution in [0.15, 0.2) is 54.7 Å². The zero-order valence-electron chi connectivity index (χ0n) is 16.7. The summed E-state index contributed by atoms with van der Waals surface area (Å²) < 4.78 is 8.14. The van der Waals surface area contributed by atoms with E-state index >= 15 is 0 Å². The van der Waals surface area contributed by atoms with Gasteiger partial charge in [-0.05, 0) is 43.0 Å². The Labute approximate surface area is 166 Å². The van der Waals surface area contributed by atoms with E-state index in [1.54, 1.807) is 6.92 Å². The van der Waals surface area contributed by atoms with Crippen molar-refractivity contribution in [2.75, 3.05) is 26.4 Å². The number of hydrogen-bond donors (Lipinski definition) is 3. The normalized spacial score (nSPS) is 11.9. The van der Waals surface area contributed by atoms with Crippen LogP contribution < -0.4 is 10.1 Å². The summed E-state index contributed by atoms with van der Waals surface area (Å²) in [5.74, 6) is 0.864. The lowest BCUT2D eigenvalue weighted by Gasteiger charge is -2.26. The Balaban J connectivity index is 1.60. The first-order valence-electron chi connectivity index (χ1n) is 9.77. The third-order valence-corrected chi connectivity index (χ3v) is 5.09. The smallest absolute Gasteiger partial charge is 0.121 e. The number of aliphatic hydroxyl groups is 2. The SMILES string of the molecule is Cc1cccc(CCOc2ccc3ccn(CCNC(C)(CO)CO)c3c2)c1. The average Bonchev–Trinajstić information content (AvgIpc) is 3.10. The quantitative estimate of drug-likeness (QED) is 0.504. The lowest BCUT2D eigenvalue weighted by Crippen LogP contribution is -2.49. The highest BCUT2D eigenvalue weighted by atomic mass is 16.5. The summed E-state index contributed by atoms with van der Waals surface area (Å²) in [6, 6.07) is 16.7. The topological polar surface area (TPSA) is 66.7 Å². The van der Waals surface area contributed by atoms with Crippen LogP contribution in [0.25, 0.3) is 10.9 Å². The van der Waals surface area contributed by atoms with E-state index in [4.69, 9.17) is 4.74 Å². The maximum atomic E-state index is 9.38. The summed E-state index contributed by atoms with van der Waals surface area (Å²) in [6.45, 7) is 5.74. The maximum absolute atomic E-state index is 9.38.